The molecule has 0 atom stereocenters. The van der Waals surface area contributed by atoms with Gasteiger partial charge in [-0.05, 0) is 24.3 Å². The Bertz CT molecular complexity index is 690. The van der Waals surface area contributed by atoms with Crippen molar-refractivity contribution < 1.29 is 9.59 Å². The normalized spacial score (nSPS) is 9.48. The van der Waals surface area contributed by atoms with Gasteiger partial charge in [-0.15, -0.1) is 6.42 Å². The maximum absolute atomic E-state index is 12.1. The molecule has 1 heterocycles. The van der Waals surface area contributed by atoms with Crippen molar-refractivity contribution >= 4 is 17.5 Å². The van der Waals surface area contributed by atoms with Crippen LogP contribution in [0.25, 0.3) is 0 Å². The van der Waals surface area contributed by atoms with Gasteiger partial charge in [0, 0.05) is 12.4 Å². The largest absolute Gasteiger partial charge is 0.341 e. The standard InChI is InChI=1S/C16H13N3O2/c1-2-9-18-16(21)13-7-3-4-8-14(13)19-15(20)12-6-5-10-17-11-12/h1,3-8,10-11H,9H2,(H,18,21)(H,19,20). The van der Waals surface area contributed by atoms with E-state index in [9.17, 15) is 9.59 Å². The summed E-state index contributed by atoms with van der Waals surface area (Å²) < 4.78 is 0. The molecule has 0 spiro atoms. The maximum atomic E-state index is 12.1. The molecular weight excluding hydrogens is 266 g/mol. The molecule has 104 valence electrons. The minimum Gasteiger partial charge on any atom is -0.341 e. The highest BCUT2D eigenvalue weighted by Crippen LogP contribution is 2.16. The van der Waals surface area contributed by atoms with E-state index < -0.39 is 0 Å². The molecule has 0 saturated carbocycles. The number of aromatic nitrogens is 1. The third-order valence-corrected chi connectivity index (χ3v) is 2.69. The lowest BCUT2D eigenvalue weighted by atomic mass is 10.1. The topological polar surface area (TPSA) is 71.1 Å². The van der Waals surface area contributed by atoms with Crippen LogP contribution in [-0.2, 0) is 0 Å². The van der Waals surface area contributed by atoms with E-state index in [1.54, 1.807) is 42.6 Å². The quantitative estimate of drug-likeness (QED) is 0.837. The smallest absolute Gasteiger partial charge is 0.257 e. The lowest BCUT2D eigenvalue weighted by Gasteiger charge is -2.10. The molecule has 0 saturated heterocycles. The van der Waals surface area contributed by atoms with E-state index in [0.717, 1.165) is 0 Å². The second-order valence-electron chi connectivity index (χ2n) is 4.13. The number of rotatable bonds is 4. The number of hydrogen-bond acceptors (Lipinski definition) is 3. The van der Waals surface area contributed by atoms with Gasteiger partial charge in [0.2, 0.25) is 0 Å². The summed E-state index contributed by atoms with van der Waals surface area (Å²) in [6.07, 6.45) is 8.14. The summed E-state index contributed by atoms with van der Waals surface area (Å²) in [5.41, 5.74) is 1.18. The van der Waals surface area contributed by atoms with Gasteiger partial charge in [0.15, 0.2) is 0 Å². The number of benzene rings is 1. The van der Waals surface area contributed by atoms with E-state index in [-0.39, 0.29) is 18.4 Å². The van der Waals surface area contributed by atoms with Crippen LogP contribution in [0.3, 0.4) is 0 Å². The monoisotopic (exact) mass is 279 g/mol. The molecule has 2 aromatic rings. The molecule has 0 unspecified atom stereocenters. The summed E-state index contributed by atoms with van der Waals surface area (Å²) in [7, 11) is 0. The van der Waals surface area contributed by atoms with Gasteiger partial charge in [0.25, 0.3) is 11.8 Å². The maximum Gasteiger partial charge on any atom is 0.257 e. The Labute approximate surface area is 122 Å². The Morgan fingerprint density at radius 1 is 1.14 bits per heavy atom. The van der Waals surface area contributed by atoms with Gasteiger partial charge in [-0.1, -0.05) is 18.1 Å². The number of terminal acetylenes is 1. The summed E-state index contributed by atoms with van der Waals surface area (Å²) in [6.45, 7) is 0.129. The minimum absolute atomic E-state index is 0.129. The van der Waals surface area contributed by atoms with Crippen molar-refractivity contribution in [2.24, 2.45) is 0 Å². The second-order valence-corrected chi connectivity index (χ2v) is 4.13. The Balaban J connectivity index is 2.19. The Kier molecular flexibility index (Phi) is 4.67. The highest BCUT2D eigenvalue weighted by molar-refractivity contribution is 6.08. The zero-order valence-corrected chi connectivity index (χ0v) is 11.2. The van der Waals surface area contributed by atoms with Crippen LogP contribution in [0.5, 0.6) is 0 Å². The summed E-state index contributed by atoms with van der Waals surface area (Å²) in [6, 6.07) is 10.0. The fourth-order valence-electron chi connectivity index (χ4n) is 1.71. The second kappa shape index (κ2) is 6.87. The highest BCUT2D eigenvalue weighted by Gasteiger charge is 2.13. The molecule has 5 heteroatoms. The Morgan fingerprint density at radius 2 is 1.95 bits per heavy atom. The molecule has 0 bridgehead atoms. The average Bonchev–Trinajstić information content (AvgIpc) is 2.54. The van der Waals surface area contributed by atoms with Crippen molar-refractivity contribution in [1.29, 1.82) is 0 Å². The molecule has 21 heavy (non-hydrogen) atoms. The molecule has 2 N–H and O–H groups in total. The van der Waals surface area contributed by atoms with E-state index in [1.807, 2.05) is 0 Å². The van der Waals surface area contributed by atoms with Gasteiger partial charge in [0.1, 0.15) is 0 Å². The van der Waals surface area contributed by atoms with Crippen LogP contribution in [0, 0.1) is 12.3 Å². The van der Waals surface area contributed by atoms with E-state index in [1.165, 1.54) is 6.20 Å². The zero-order chi connectivity index (χ0) is 15.1. The molecule has 0 radical (unpaired) electrons. The first-order valence-corrected chi connectivity index (χ1v) is 6.24. The minimum atomic E-state index is -0.338. The van der Waals surface area contributed by atoms with Crippen LogP contribution in [0.15, 0.2) is 48.8 Å². The predicted octanol–water partition coefficient (Wildman–Crippen LogP) is 1.70. The van der Waals surface area contributed by atoms with Gasteiger partial charge in [0.05, 0.1) is 23.4 Å². The van der Waals surface area contributed by atoms with Crippen molar-refractivity contribution in [1.82, 2.24) is 10.3 Å². The van der Waals surface area contributed by atoms with Gasteiger partial charge < -0.3 is 10.6 Å². The average molecular weight is 279 g/mol. The number of pyridine rings is 1. The van der Waals surface area contributed by atoms with Crippen LogP contribution < -0.4 is 10.6 Å². The van der Waals surface area contributed by atoms with Gasteiger partial charge in [-0.3, -0.25) is 14.6 Å². The fourth-order valence-corrected chi connectivity index (χ4v) is 1.71. The van der Waals surface area contributed by atoms with Gasteiger partial charge in [-0.2, -0.15) is 0 Å². The molecule has 2 amide bonds. The van der Waals surface area contributed by atoms with Crippen LogP contribution in [0.2, 0.25) is 0 Å². The molecule has 0 aliphatic rings. The zero-order valence-electron chi connectivity index (χ0n) is 11.2. The number of para-hydroxylation sites is 1. The Hall–Kier alpha value is -3.13. The number of amides is 2. The van der Waals surface area contributed by atoms with E-state index >= 15 is 0 Å². The number of anilines is 1. The van der Waals surface area contributed by atoms with Crippen LogP contribution in [0.1, 0.15) is 20.7 Å². The van der Waals surface area contributed by atoms with E-state index in [2.05, 4.69) is 21.5 Å². The first-order chi connectivity index (χ1) is 10.2. The van der Waals surface area contributed by atoms with Crippen molar-refractivity contribution in [3.63, 3.8) is 0 Å². The van der Waals surface area contributed by atoms with Crippen LogP contribution in [0.4, 0.5) is 5.69 Å². The number of nitrogens with zero attached hydrogens (tertiary/aromatic N) is 1. The van der Waals surface area contributed by atoms with Crippen molar-refractivity contribution in [2.45, 2.75) is 0 Å². The molecule has 1 aromatic heterocycles. The van der Waals surface area contributed by atoms with Gasteiger partial charge in [-0.25, -0.2) is 0 Å². The molecule has 5 nitrogen and oxygen atoms in total. The van der Waals surface area contributed by atoms with Crippen molar-refractivity contribution in [2.75, 3.05) is 11.9 Å². The number of hydrogen-bond donors (Lipinski definition) is 2. The SMILES string of the molecule is C#CCNC(=O)c1ccccc1NC(=O)c1cccnc1. The van der Waals surface area contributed by atoms with Crippen molar-refractivity contribution in [3.8, 4) is 12.3 Å². The predicted molar refractivity (Wildman–Crippen MR) is 79.8 cm³/mol. The highest BCUT2D eigenvalue weighted by atomic mass is 16.2. The van der Waals surface area contributed by atoms with Crippen LogP contribution >= 0.6 is 0 Å². The third-order valence-electron chi connectivity index (χ3n) is 2.69. The summed E-state index contributed by atoms with van der Waals surface area (Å²) in [5, 5.41) is 5.26. The lowest BCUT2D eigenvalue weighted by molar-refractivity contribution is 0.0959. The summed E-state index contributed by atoms with van der Waals surface area (Å²) >= 11 is 0. The first kappa shape index (κ1) is 14.3. The van der Waals surface area contributed by atoms with Gasteiger partial charge >= 0.3 is 0 Å². The third kappa shape index (κ3) is 3.67. The number of carbonyl (C=O) groups is 2. The lowest BCUT2D eigenvalue weighted by Crippen LogP contribution is -2.25. The molecule has 1 aromatic carbocycles. The van der Waals surface area contributed by atoms with E-state index in [0.29, 0.717) is 16.8 Å². The summed E-state index contributed by atoms with van der Waals surface area (Å²) in [4.78, 5) is 27.9. The van der Waals surface area contributed by atoms with Crippen LogP contribution in [-0.4, -0.2) is 23.3 Å². The molecule has 0 fully saturated rings. The summed E-state index contributed by atoms with van der Waals surface area (Å²) in [5.74, 6) is 1.66. The van der Waals surface area contributed by atoms with E-state index in [4.69, 9.17) is 6.42 Å². The number of carbonyl (C=O) groups excluding carboxylic acids is 2. The van der Waals surface area contributed by atoms with Crippen molar-refractivity contribution in [3.05, 3.63) is 59.9 Å². The Morgan fingerprint density at radius 3 is 2.67 bits per heavy atom. The molecular formula is C16H13N3O2. The molecule has 0 aliphatic heterocycles. The fraction of sp³-hybridized carbons (Fsp3) is 0.0625. The molecule has 2 rings (SSSR count). The number of nitrogens with one attached hydrogen (secondary N) is 2. The molecule has 0 aliphatic carbocycles. The first-order valence-electron chi connectivity index (χ1n) is 6.24.